The number of piperidine rings is 1. The molecule has 0 saturated carbocycles. The zero-order valence-corrected chi connectivity index (χ0v) is 20.0. The Bertz CT molecular complexity index is 901. The van der Waals surface area contributed by atoms with Gasteiger partial charge in [-0.1, -0.05) is 30.3 Å². The van der Waals surface area contributed by atoms with Crippen LogP contribution in [0.25, 0.3) is 0 Å². The van der Waals surface area contributed by atoms with Gasteiger partial charge in [-0.15, -0.1) is 0 Å². The van der Waals surface area contributed by atoms with Gasteiger partial charge in [-0.25, -0.2) is 4.79 Å². The van der Waals surface area contributed by atoms with Gasteiger partial charge in [-0.3, -0.25) is 9.69 Å². The van der Waals surface area contributed by atoms with Crippen molar-refractivity contribution in [1.29, 1.82) is 0 Å². The van der Waals surface area contributed by atoms with E-state index < -0.39 is 5.60 Å². The van der Waals surface area contributed by atoms with Gasteiger partial charge in [0.05, 0.1) is 7.11 Å². The molecule has 2 N–H and O–H groups in total. The van der Waals surface area contributed by atoms with Gasteiger partial charge in [0.25, 0.3) is 0 Å². The van der Waals surface area contributed by atoms with Crippen molar-refractivity contribution in [1.82, 2.24) is 10.2 Å². The molecule has 7 nitrogen and oxygen atoms in total. The topological polar surface area (TPSA) is 79.9 Å². The Balaban J connectivity index is 1.61. The smallest absolute Gasteiger partial charge is 0.407 e. The summed E-state index contributed by atoms with van der Waals surface area (Å²) in [4.78, 5) is 27.5. The number of alkyl carbamates (subject to hydrolysis) is 1. The number of methoxy groups -OCH3 is 1. The summed E-state index contributed by atoms with van der Waals surface area (Å²) < 4.78 is 10.5. The number of rotatable bonds is 7. The Morgan fingerprint density at radius 2 is 1.67 bits per heavy atom. The largest absolute Gasteiger partial charge is 0.497 e. The van der Waals surface area contributed by atoms with Gasteiger partial charge in [-0.2, -0.15) is 0 Å². The van der Waals surface area contributed by atoms with Crippen molar-refractivity contribution in [3.63, 3.8) is 0 Å². The molecule has 2 aromatic rings. The maximum atomic E-state index is 13.3. The molecule has 7 heteroatoms. The van der Waals surface area contributed by atoms with Crippen molar-refractivity contribution < 1.29 is 19.1 Å². The van der Waals surface area contributed by atoms with E-state index in [1.807, 2.05) is 75.4 Å². The first-order valence-electron chi connectivity index (χ1n) is 11.5. The van der Waals surface area contributed by atoms with E-state index in [4.69, 9.17) is 9.47 Å². The molecule has 0 bridgehead atoms. The van der Waals surface area contributed by atoms with Crippen LogP contribution in [0.15, 0.2) is 54.6 Å². The summed E-state index contributed by atoms with van der Waals surface area (Å²) in [6.45, 7) is 7.69. The summed E-state index contributed by atoms with van der Waals surface area (Å²) in [6.07, 6.45) is 1.41. The van der Waals surface area contributed by atoms with Crippen molar-refractivity contribution in [3.05, 3.63) is 60.2 Å². The number of ether oxygens (including phenoxy) is 2. The number of likely N-dealkylation sites (tertiary alicyclic amines) is 1. The Hall–Kier alpha value is -3.06. The molecule has 33 heavy (non-hydrogen) atoms. The van der Waals surface area contributed by atoms with E-state index in [0.29, 0.717) is 12.5 Å². The molecule has 1 aliphatic heterocycles. The number of anilines is 1. The quantitative estimate of drug-likeness (QED) is 0.640. The number of hydrogen-bond acceptors (Lipinski definition) is 5. The van der Waals surface area contributed by atoms with Crippen LogP contribution in [0.2, 0.25) is 0 Å². The third-order valence-corrected chi connectivity index (χ3v) is 5.67. The summed E-state index contributed by atoms with van der Waals surface area (Å²) >= 11 is 0. The standard InChI is InChI=1S/C26H35N3O4/c1-26(2,3)33-25(31)27-18-19-14-16-29(17-15-19)23(20-8-6-5-7-9-20)24(30)28-21-10-12-22(32-4)13-11-21/h5-13,19,23H,14-18H2,1-4H3,(H,27,31)(H,28,30). The first-order chi connectivity index (χ1) is 15.7. The average molecular weight is 454 g/mol. The fourth-order valence-corrected chi connectivity index (χ4v) is 4.01. The van der Waals surface area contributed by atoms with Crippen LogP contribution in [0, 0.1) is 5.92 Å². The maximum absolute atomic E-state index is 13.3. The Morgan fingerprint density at radius 1 is 1.03 bits per heavy atom. The SMILES string of the molecule is COc1ccc(NC(=O)C(c2ccccc2)N2CCC(CNC(=O)OC(C)(C)C)CC2)cc1. The van der Waals surface area contributed by atoms with Crippen molar-refractivity contribution in [2.45, 2.75) is 45.3 Å². The molecule has 0 aliphatic carbocycles. The van der Waals surface area contributed by atoms with E-state index in [2.05, 4.69) is 15.5 Å². The second kappa shape index (κ2) is 11.2. The molecule has 1 atom stereocenters. The predicted molar refractivity (Wildman–Crippen MR) is 129 cm³/mol. The predicted octanol–water partition coefficient (Wildman–Crippen LogP) is 4.61. The highest BCUT2D eigenvalue weighted by atomic mass is 16.6. The lowest BCUT2D eigenvalue weighted by Gasteiger charge is -2.37. The summed E-state index contributed by atoms with van der Waals surface area (Å²) in [5.41, 5.74) is 1.19. The first kappa shape index (κ1) is 24.6. The van der Waals surface area contributed by atoms with Crippen LogP contribution < -0.4 is 15.4 Å². The highest BCUT2D eigenvalue weighted by Crippen LogP contribution is 2.28. The van der Waals surface area contributed by atoms with E-state index in [9.17, 15) is 9.59 Å². The fraction of sp³-hybridized carbons (Fsp3) is 0.462. The number of benzene rings is 2. The molecule has 1 aliphatic rings. The summed E-state index contributed by atoms with van der Waals surface area (Å²) in [6, 6.07) is 16.8. The maximum Gasteiger partial charge on any atom is 0.407 e. The zero-order valence-electron chi connectivity index (χ0n) is 20.0. The third kappa shape index (κ3) is 7.49. The Labute approximate surface area is 196 Å². The van der Waals surface area contributed by atoms with Crippen LogP contribution in [0.3, 0.4) is 0 Å². The molecular formula is C26H35N3O4. The molecule has 2 aromatic carbocycles. The minimum atomic E-state index is -0.506. The number of carbonyl (C=O) groups is 2. The van der Waals surface area contributed by atoms with Gasteiger partial charge >= 0.3 is 6.09 Å². The number of nitrogens with zero attached hydrogens (tertiary/aromatic N) is 1. The van der Waals surface area contributed by atoms with Gasteiger partial charge in [0.15, 0.2) is 0 Å². The molecule has 0 radical (unpaired) electrons. The third-order valence-electron chi connectivity index (χ3n) is 5.67. The van der Waals surface area contributed by atoms with E-state index in [-0.39, 0.29) is 18.0 Å². The van der Waals surface area contributed by atoms with Gasteiger partial charge in [0.2, 0.25) is 5.91 Å². The van der Waals surface area contributed by atoms with E-state index >= 15 is 0 Å². The normalized spacial score (nSPS) is 16.0. The second-order valence-electron chi connectivity index (χ2n) is 9.39. The zero-order chi connectivity index (χ0) is 23.8. The molecule has 1 heterocycles. The van der Waals surface area contributed by atoms with Crippen LogP contribution in [-0.2, 0) is 9.53 Å². The van der Waals surface area contributed by atoms with Gasteiger partial charge in [0.1, 0.15) is 17.4 Å². The molecule has 0 spiro atoms. The van der Waals surface area contributed by atoms with Crippen LogP contribution >= 0.6 is 0 Å². The lowest BCUT2D eigenvalue weighted by atomic mass is 9.93. The van der Waals surface area contributed by atoms with Crippen molar-refractivity contribution in [3.8, 4) is 5.75 Å². The fourth-order valence-electron chi connectivity index (χ4n) is 4.01. The van der Waals surface area contributed by atoms with Crippen molar-refractivity contribution in [2.24, 2.45) is 5.92 Å². The number of carbonyl (C=O) groups excluding carboxylic acids is 2. The average Bonchev–Trinajstić information content (AvgIpc) is 2.79. The van der Waals surface area contributed by atoms with E-state index in [0.717, 1.165) is 42.9 Å². The van der Waals surface area contributed by atoms with Crippen LogP contribution in [0.4, 0.5) is 10.5 Å². The summed E-state index contributed by atoms with van der Waals surface area (Å²) in [5.74, 6) is 1.04. The minimum absolute atomic E-state index is 0.0586. The molecular weight excluding hydrogens is 418 g/mol. The van der Waals surface area contributed by atoms with Gasteiger partial charge in [-0.05, 0) is 82.4 Å². The first-order valence-corrected chi connectivity index (χ1v) is 11.5. The summed E-state index contributed by atoms with van der Waals surface area (Å²) in [7, 11) is 1.62. The molecule has 1 fully saturated rings. The van der Waals surface area contributed by atoms with Gasteiger partial charge in [0, 0.05) is 12.2 Å². The molecule has 2 amide bonds. The van der Waals surface area contributed by atoms with Crippen molar-refractivity contribution >= 4 is 17.7 Å². The molecule has 178 valence electrons. The monoisotopic (exact) mass is 453 g/mol. The van der Waals surface area contributed by atoms with E-state index in [1.165, 1.54) is 0 Å². The molecule has 3 rings (SSSR count). The Kier molecular flexibility index (Phi) is 8.33. The Morgan fingerprint density at radius 3 is 2.24 bits per heavy atom. The van der Waals surface area contributed by atoms with E-state index in [1.54, 1.807) is 7.11 Å². The summed E-state index contributed by atoms with van der Waals surface area (Å²) in [5, 5.41) is 5.93. The molecule has 1 unspecified atom stereocenters. The number of amides is 2. The van der Waals surface area contributed by atoms with Gasteiger partial charge < -0.3 is 20.1 Å². The van der Waals surface area contributed by atoms with Crippen molar-refractivity contribution in [2.75, 3.05) is 32.1 Å². The highest BCUT2D eigenvalue weighted by Gasteiger charge is 2.31. The van der Waals surface area contributed by atoms with Crippen LogP contribution in [0.1, 0.15) is 45.2 Å². The second-order valence-corrected chi connectivity index (χ2v) is 9.39. The lowest BCUT2D eigenvalue weighted by molar-refractivity contribution is -0.122. The lowest BCUT2D eigenvalue weighted by Crippen LogP contribution is -2.44. The number of hydrogen-bond donors (Lipinski definition) is 2. The van der Waals surface area contributed by atoms with Crippen LogP contribution in [-0.4, -0.2) is 49.2 Å². The minimum Gasteiger partial charge on any atom is -0.497 e. The number of nitrogens with one attached hydrogen (secondary N) is 2. The van der Waals surface area contributed by atoms with Crippen LogP contribution in [0.5, 0.6) is 5.75 Å². The molecule has 0 aromatic heterocycles. The molecule has 1 saturated heterocycles. The highest BCUT2D eigenvalue weighted by molar-refractivity contribution is 5.95.